The number of guanidine groups is 1. The number of aliphatic carboxylic acids is 1. The van der Waals surface area contributed by atoms with Crippen LogP contribution in [0, 0.1) is 24.4 Å². The van der Waals surface area contributed by atoms with Crippen LogP contribution in [0.1, 0.15) is 181 Å². The van der Waals surface area contributed by atoms with Crippen LogP contribution in [0.3, 0.4) is 0 Å². The van der Waals surface area contributed by atoms with E-state index in [1.165, 1.54) is 46.6 Å². The highest BCUT2D eigenvalue weighted by atomic mass is 127. The quantitative estimate of drug-likeness (QED) is 0.00857. The van der Waals surface area contributed by atoms with Crippen LogP contribution in [0.4, 0.5) is 0 Å². The zero-order chi connectivity index (χ0) is 102. The van der Waals surface area contributed by atoms with E-state index in [-0.39, 0.29) is 151 Å². The van der Waals surface area contributed by atoms with Gasteiger partial charge < -0.3 is 116 Å². The highest BCUT2D eigenvalue weighted by Crippen LogP contribution is 2.30. The third kappa shape index (κ3) is 33.9. The molecule has 0 radical (unpaired) electrons. The monoisotopic (exact) mass is 2160 g/mol. The number of ketones is 1. The summed E-state index contributed by atoms with van der Waals surface area (Å²) in [5.74, 6) is -15.5. The largest absolute Gasteiger partial charge is 0.508 e. The summed E-state index contributed by atoms with van der Waals surface area (Å²) in [6, 6.07) is 14.1. The van der Waals surface area contributed by atoms with Gasteiger partial charge in [0.15, 0.2) is 11.7 Å². The van der Waals surface area contributed by atoms with Crippen molar-refractivity contribution in [2.45, 2.75) is 242 Å². The van der Waals surface area contributed by atoms with E-state index in [2.05, 4.69) is 78.8 Å². The summed E-state index contributed by atoms with van der Waals surface area (Å²) in [6.07, 6.45) is 3.68. The first-order valence-electron chi connectivity index (χ1n) is 46.7. The van der Waals surface area contributed by atoms with Crippen LogP contribution in [0.25, 0.3) is 10.9 Å². The van der Waals surface area contributed by atoms with E-state index in [1.54, 1.807) is 101 Å². The van der Waals surface area contributed by atoms with E-state index >= 15 is 33.6 Å². The number of hydrogen-bond acceptors (Lipinski definition) is 21. The zero-order valence-corrected chi connectivity index (χ0v) is 82.9. The molecule has 15 amide bonds. The Morgan fingerprint density at radius 1 is 0.486 bits per heavy atom. The fraction of sp³-hybridized carbons (Fsp3) is 0.454. The lowest BCUT2D eigenvalue weighted by molar-refractivity contribution is -0.144. The number of hydrogen-bond donors (Lipinski definition) is 21. The van der Waals surface area contributed by atoms with Crippen molar-refractivity contribution in [2.75, 3.05) is 26.2 Å². The van der Waals surface area contributed by atoms with E-state index in [4.69, 9.17) is 22.6 Å². The van der Waals surface area contributed by atoms with E-state index in [1.807, 2.05) is 76.4 Å². The molecule has 2 saturated heterocycles. The lowest BCUT2D eigenvalue weighted by Crippen LogP contribution is -2.61. The third-order valence-corrected chi connectivity index (χ3v) is 25.5. The van der Waals surface area contributed by atoms with Gasteiger partial charge in [-0.3, -0.25) is 82.1 Å². The summed E-state index contributed by atoms with van der Waals surface area (Å²) in [4.78, 5) is 255. The number of primary amides is 2. The number of benzene rings is 5. The van der Waals surface area contributed by atoms with E-state index < -0.39 is 199 Å². The molecule has 2 aliphatic heterocycles. The number of aromatic hydroxyl groups is 2. The summed E-state index contributed by atoms with van der Waals surface area (Å²) in [5, 5.41) is 71.1. The lowest BCUT2D eigenvalue weighted by Gasteiger charge is -2.31. The molecule has 24 N–H and O–H groups in total. The Kier molecular flexibility index (Phi) is 42.5. The second-order valence-corrected chi connectivity index (χ2v) is 38.1. The molecule has 41 nitrogen and oxygen atoms in total. The standard InChI is InChI=1S/C97H125I2N21O20/c1-6-7-19-67(85(128)118-76(96(139)140)46-56-26-31-62(121)32-27-56)112-93(136)78-23-15-40-120(78)95(138)70(34-36-80(101)123)109-82(125)51-107-92(135)77-22-14-39-119(77)94(137)69(21-13-38-105-97(102)103)113-88(131)72(42-54(4)5)114-86(129)68(33-35-79(100)122)111-87(130)71(41-53(2)3)115-89(132)73(45-55-24-29-59(30-25-55)83(126)58-16-9-8-10-17-58)116-91(134)75(48-61-50-104-52-108-61)117-90(133)74(47-60-49-106-66-20-12-11-18-63(60)66)110-81(124)37-28-57-43-64(98)84(127)65(99)44-57/h8-12,16-18,20,24-27,29-32,43-44,49-50,52-54,67-78,106,121,127H,6-7,13-15,19,21-23,28,33-42,45-48,51H2,1-5H3,(H2,100,122)(H2,101,123)(H,104,108)(H,107,135)(H,109,125)(H,110,124)(H,111,130)(H,112,136)(H,113,131)(H,114,129)(H,115,132)(H,116,134)(H,117,133)(H,118,128)(H,139,140)(H4,102,103,105)/t67-,68-,69-,70-,71-,72-,73+,74-,75-,76-,77-,78-/m0/s1. The van der Waals surface area contributed by atoms with Crippen molar-refractivity contribution in [3.05, 3.63) is 180 Å². The number of phenols is 2. The number of rotatable bonds is 54. The van der Waals surface area contributed by atoms with Crippen LogP contribution in [-0.4, -0.2) is 245 Å². The van der Waals surface area contributed by atoms with Gasteiger partial charge in [0, 0.05) is 105 Å². The molecule has 0 unspecified atom stereocenters. The van der Waals surface area contributed by atoms with Crippen molar-refractivity contribution in [3.8, 4) is 11.5 Å². The number of nitrogens with two attached hydrogens (primary N) is 3. The molecular formula is C97H125I2N21O20. The maximum absolute atomic E-state index is 15.4. The summed E-state index contributed by atoms with van der Waals surface area (Å²) in [7, 11) is 0. The molecule has 7 aromatic rings. The summed E-state index contributed by atoms with van der Waals surface area (Å²) >= 11 is 3.99. The Balaban J connectivity index is 0.902. The SMILES string of the molecule is CCCC[C@H](NC(=O)[C@@H]1CCCN1C(=O)[C@H](CCC(N)=O)NC(=O)CNC(=O)[C@@H]1CCCN1C(=O)[C@H](CCCNC(=N)N)NC(=O)[C@H](CC(C)C)NC(=O)[C@H](CCC(N)=O)NC(=O)[C@H](CC(C)C)NC(=O)[C@@H](Cc1ccc(C(=O)c2ccccc2)cc1)NC(=O)[C@H](Cc1cnc[nH]1)NC(=O)[C@H](Cc1c[nH]c2ccccc12)NC(=O)CCc1cc(I)c(O)c(I)c1)C(=O)N[C@@H](Cc1ccc(O)cc1)C(=O)O. The molecule has 140 heavy (non-hydrogen) atoms. The summed E-state index contributed by atoms with van der Waals surface area (Å²) in [6.45, 7) is 7.99. The number of nitrogens with zero attached hydrogens (tertiary/aromatic N) is 3. The number of carbonyl (C=O) groups excluding carboxylic acids is 16. The smallest absolute Gasteiger partial charge is 0.326 e. The molecule has 0 saturated carbocycles. The molecular weight excluding hydrogens is 2030 g/mol. The van der Waals surface area contributed by atoms with Crippen LogP contribution < -0.4 is 81.0 Å². The van der Waals surface area contributed by atoms with Gasteiger partial charge in [0.2, 0.25) is 88.6 Å². The van der Waals surface area contributed by atoms with Gasteiger partial charge in [0.25, 0.3) is 0 Å². The zero-order valence-electron chi connectivity index (χ0n) is 78.6. The van der Waals surface area contributed by atoms with Gasteiger partial charge in [0.1, 0.15) is 84.0 Å². The van der Waals surface area contributed by atoms with Crippen molar-refractivity contribution >= 4 is 162 Å². The van der Waals surface area contributed by atoms with Gasteiger partial charge >= 0.3 is 5.97 Å². The van der Waals surface area contributed by atoms with Gasteiger partial charge in [-0.2, -0.15) is 0 Å². The number of para-hydroxylation sites is 1. The molecule has 2 aromatic heterocycles. The molecule has 9 rings (SSSR count). The number of fused-ring (bicyclic) bond motifs is 1. The molecule has 2 aliphatic rings. The van der Waals surface area contributed by atoms with Crippen molar-refractivity contribution < 1.29 is 96.8 Å². The molecule has 2 fully saturated rings. The van der Waals surface area contributed by atoms with Gasteiger partial charge in [-0.25, -0.2) is 9.78 Å². The second kappa shape index (κ2) is 54.1. The predicted octanol–water partition coefficient (Wildman–Crippen LogP) is 2.75. The molecule has 0 aliphatic carbocycles. The van der Waals surface area contributed by atoms with Gasteiger partial charge in [-0.1, -0.05) is 132 Å². The minimum absolute atomic E-state index is 0.00192. The van der Waals surface area contributed by atoms with Crippen molar-refractivity contribution in [1.82, 2.24) is 88.6 Å². The molecule has 5 aromatic carbocycles. The molecule has 43 heteroatoms. The van der Waals surface area contributed by atoms with Crippen LogP contribution >= 0.6 is 45.2 Å². The topological polar surface area (TPSA) is 648 Å². The number of carboxylic acid groups (broad SMARTS) is 1. The number of aryl methyl sites for hydroxylation is 1. The first kappa shape index (κ1) is 110. The minimum Gasteiger partial charge on any atom is -0.508 e. The maximum Gasteiger partial charge on any atom is 0.326 e. The molecule has 752 valence electrons. The highest BCUT2D eigenvalue weighted by Gasteiger charge is 2.43. The van der Waals surface area contributed by atoms with E-state index in [0.29, 0.717) is 54.4 Å². The van der Waals surface area contributed by atoms with Gasteiger partial charge in [-0.05, 0) is 187 Å². The Hall–Kier alpha value is -13.6. The minimum atomic E-state index is -1.68. The number of phenolic OH excluding ortho intramolecular Hbond substituents is 2. The fourth-order valence-corrected chi connectivity index (χ4v) is 18.5. The van der Waals surface area contributed by atoms with Crippen LogP contribution in [-0.2, 0) is 109 Å². The number of H-pyrrole nitrogens is 2. The number of aromatic amines is 2. The number of unbranched alkanes of at least 4 members (excludes halogenated alkanes) is 1. The first-order chi connectivity index (χ1) is 66.7. The molecule has 0 bridgehead atoms. The number of halogens is 2. The van der Waals surface area contributed by atoms with E-state index in [0.717, 1.165) is 16.5 Å². The number of carbonyl (C=O) groups is 17. The van der Waals surface area contributed by atoms with Gasteiger partial charge in [-0.15, -0.1) is 0 Å². The Morgan fingerprint density at radius 2 is 0.950 bits per heavy atom. The average Bonchev–Trinajstić information content (AvgIpc) is 1.64. The number of amides is 15. The number of likely N-dealkylation sites (tertiary alicyclic amines) is 2. The number of nitrogens with one attached hydrogen (secondary N) is 15. The van der Waals surface area contributed by atoms with Crippen LogP contribution in [0.2, 0.25) is 0 Å². The Bertz CT molecular complexity index is 5530. The third-order valence-electron chi connectivity index (χ3n) is 23.9. The molecule has 0 spiro atoms. The average molecular weight is 2160 g/mol. The Labute approximate surface area is 836 Å². The predicted molar refractivity (Wildman–Crippen MR) is 532 cm³/mol. The number of aromatic nitrogens is 3. The molecule has 12 atom stereocenters. The maximum atomic E-state index is 15.4. The normalized spacial score (nSPS) is 15.6. The lowest BCUT2D eigenvalue weighted by atomic mass is 9.98. The van der Waals surface area contributed by atoms with Crippen molar-refractivity contribution in [2.24, 2.45) is 29.0 Å². The van der Waals surface area contributed by atoms with Crippen LogP contribution in [0.15, 0.2) is 134 Å². The highest BCUT2D eigenvalue weighted by molar-refractivity contribution is 14.1. The summed E-state index contributed by atoms with van der Waals surface area (Å²) < 4.78 is 1.16. The number of carboxylic acids is 1. The Morgan fingerprint density at radius 3 is 1.50 bits per heavy atom. The van der Waals surface area contributed by atoms with Crippen molar-refractivity contribution in [1.29, 1.82) is 5.41 Å². The van der Waals surface area contributed by atoms with Crippen LogP contribution in [0.5, 0.6) is 11.5 Å². The second-order valence-electron chi connectivity index (χ2n) is 35.8. The van der Waals surface area contributed by atoms with Gasteiger partial charge in [0.05, 0.1) is 20.0 Å². The first-order valence-corrected chi connectivity index (χ1v) is 48.8. The molecule has 4 heterocycles. The number of imidazole rings is 1. The van der Waals surface area contributed by atoms with Crippen molar-refractivity contribution in [3.63, 3.8) is 0 Å². The fourth-order valence-electron chi connectivity index (χ4n) is 16.6. The summed E-state index contributed by atoms with van der Waals surface area (Å²) in [5.41, 5.74) is 20.9. The van der Waals surface area contributed by atoms with E-state index in [9.17, 15) is 63.3 Å².